The Bertz CT molecular complexity index is 282. The fourth-order valence-corrected chi connectivity index (χ4v) is 5.80. The smallest absolute Gasteiger partial charge is 0.0366 e. The van der Waals surface area contributed by atoms with Gasteiger partial charge < -0.3 is 5.32 Å². The molecule has 2 nitrogen and oxygen atoms in total. The zero-order valence-corrected chi connectivity index (χ0v) is 12.8. The first kappa shape index (κ1) is 14.5. The van der Waals surface area contributed by atoms with Crippen molar-refractivity contribution in [3.05, 3.63) is 0 Å². The Morgan fingerprint density at radius 2 is 1.89 bits per heavy atom. The van der Waals surface area contributed by atoms with Crippen molar-refractivity contribution in [1.82, 2.24) is 5.32 Å². The van der Waals surface area contributed by atoms with Gasteiger partial charge in [-0.15, -0.1) is 0 Å². The van der Waals surface area contributed by atoms with Gasteiger partial charge in [-0.2, -0.15) is 0 Å². The molecule has 0 saturated heterocycles. The SMILES string of the molecule is CCCNC1CCC(S(=O)C2CCCC(C)C2)C1. The molecular weight excluding hydrogens is 242 g/mol. The van der Waals surface area contributed by atoms with E-state index in [-0.39, 0.29) is 0 Å². The molecule has 2 rings (SSSR count). The summed E-state index contributed by atoms with van der Waals surface area (Å²) in [5, 5.41) is 4.58. The van der Waals surface area contributed by atoms with E-state index in [0.717, 1.165) is 18.9 Å². The highest BCUT2D eigenvalue weighted by Gasteiger charge is 2.33. The molecule has 0 aromatic carbocycles. The highest BCUT2D eigenvalue weighted by Crippen LogP contribution is 2.33. The third-order valence-corrected chi connectivity index (χ3v) is 6.78. The average molecular weight is 271 g/mol. The zero-order chi connectivity index (χ0) is 13.0. The Hall–Kier alpha value is 0.110. The molecule has 0 amide bonds. The molecule has 2 aliphatic rings. The van der Waals surface area contributed by atoms with Crippen LogP contribution in [0.25, 0.3) is 0 Å². The van der Waals surface area contributed by atoms with Gasteiger partial charge in [-0.3, -0.25) is 4.21 Å². The van der Waals surface area contributed by atoms with Crippen LogP contribution >= 0.6 is 0 Å². The molecule has 0 aromatic heterocycles. The first-order chi connectivity index (χ1) is 8.70. The van der Waals surface area contributed by atoms with Crippen LogP contribution in [0, 0.1) is 5.92 Å². The van der Waals surface area contributed by atoms with Crippen LogP contribution in [-0.2, 0) is 10.8 Å². The summed E-state index contributed by atoms with van der Waals surface area (Å²) in [6, 6.07) is 0.639. The van der Waals surface area contributed by atoms with E-state index in [2.05, 4.69) is 19.2 Å². The van der Waals surface area contributed by atoms with Gasteiger partial charge in [0, 0.05) is 27.3 Å². The van der Waals surface area contributed by atoms with E-state index in [9.17, 15) is 4.21 Å². The van der Waals surface area contributed by atoms with Crippen LogP contribution in [-0.4, -0.2) is 27.3 Å². The van der Waals surface area contributed by atoms with Gasteiger partial charge in [0.05, 0.1) is 0 Å². The number of hydrogen-bond donors (Lipinski definition) is 1. The largest absolute Gasteiger partial charge is 0.314 e. The van der Waals surface area contributed by atoms with Gasteiger partial charge in [-0.1, -0.05) is 26.7 Å². The molecule has 2 saturated carbocycles. The Labute approximate surface area is 115 Å². The molecule has 0 aromatic rings. The predicted molar refractivity (Wildman–Crippen MR) is 79.3 cm³/mol. The minimum atomic E-state index is -0.569. The maximum absolute atomic E-state index is 12.6. The number of hydrogen-bond acceptors (Lipinski definition) is 2. The summed E-state index contributed by atoms with van der Waals surface area (Å²) in [7, 11) is -0.569. The van der Waals surface area contributed by atoms with Crippen molar-refractivity contribution < 1.29 is 4.21 Å². The number of rotatable bonds is 5. The summed E-state index contributed by atoms with van der Waals surface area (Å²) in [6.45, 7) is 5.65. The summed E-state index contributed by atoms with van der Waals surface area (Å²) < 4.78 is 12.6. The van der Waals surface area contributed by atoms with E-state index >= 15 is 0 Å². The molecule has 0 aliphatic heterocycles. The lowest BCUT2D eigenvalue weighted by Gasteiger charge is -2.28. The minimum absolute atomic E-state index is 0.481. The summed E-state index contributed by atoms with van der Waals surface area (Å²) in [5.74, 6) is 0.795. The molecule has 5 atom stereocenters. The van der Waals surface area contributed by atoms with E-state index in [1.54, 1.807) is 0 Å². The van der Waals surface area contributed by atoms with Gasteiger partial charge in [-0.25, -0.2) is 0 Å². The lowest BCUT2D eigenvalue weighted by Crippen LogP contribution is -2.31. The van der Waals surface area contributed by atoms with Gasteiger partial charge in [0.1, 0.15) is 0 Å². The van der Waals surface area contributed by atoms with Crippen molar-refractivity contribution in [2.75, 3.05) is 6.54 Å². The van der Waals surface area contributed by atoms with Crippen LogP contribution in [0.3, 0.4) is 0 Å². The van der Waals surface area contributed by atoms with Crippen LogP contribution in [0.4, 0.5) is 0 Å². The minimum Gasteiger partial charge on any atom is -0.314 e. The Balaban J connectivity index is 1.79. The maximum atomic E-state index is 12.6. The van der Waals surface area contributed by atoms with Gasteiger partial charge in [0.25, 0.3) is 0 Å². The summed E-state index contributed by atoms with van der Waals surface area (Å²) in [4.78, 5) is 0. The standard InChI is InChI=1S/C15H29NOS/c1-3-9-16-13-7-8-15(11-13)18(17)14-6-4-5-12(2)10-14/h12-16H,3-11H2,1-2H3. The molecule has 106 valence electrons. The highest BCUT2D eigenvalue weighted by molar-refractivity contribution is 7.86. The first-order valence-corrected chi connectivity index (χ1v) is 9.11. The molecule has 0 radical (unpaired) electrons. The maximum Gasteiger partial charge on any atom is 0.0366 e. The van der Waals surface area contributed by atoms with E-state index in [1.165, 1.54) is 44.9 Å². The van der Waals surface area contributed by atoms with Crippen molar-refractivity contribution in [3.63, 3.8) is 0 Å². The van der Waals surface area contributed by atoms with Crippen molar-refractivity contribution in [3.8, 4) is 0 Å². The third kappa shape index (κ3) is 3.80. The molecule has 2 fully saturated rings. The summed E-state index contributed by atoms with van der Waals surface area (Å²) in [5.41, 5.74) is 0. The van der Waals surface area contributed by atoms with Crippen molar-refractivity contribution in [2.45, 2.75) is 81.8 Å². The van der Waals surface area contributed by atoms with Crippen LogP contribution in [0.1, 0.15) is 65.2 Å². The quantitative estimate of drug-likeness (QED) is 0.832. The Morgan fingerprint density at radius 1 is 1.11 bits per heavy atom. The summed E-state index contributed by atoms with van der Waals surface area (Å²) >= 11 is 0. The molecule has 0 bridgehead atoms. The molecule has 0 heterocycles. The molecule has 0 spiro atoms. The normalized spacial score (nSPS) is 38.8. The predicted octanol–water partition coefficient (Wildman–Crippen LogP) is 3.23. The highest BCUT2D eigenvalue weighted by atomic mass is 32.2. The summed E-state index contributed by atoms with van der Waals surface area (Å²) in [6.07, 6.45) is 9.82. The van der Waals surface area contributed by atoms with Crippen LogP contribution < -0.4 is 5.32 Å². The van der Waals surface area contributed by atoms with Crippen LogP contribution in [0.2, 0.25) is 0 Å². The molecule has 18 heavy (non-hydrogen) atoms. The van der Waals surface area contributed by atoms with Gasteiger partial charge in [0.15, 0.2) is 0 Å². The molecular formula is C15H29NOS. The molecule has 5 unspecified atom stereocenters. The fourth-order valence-electron chi connectivity index (χ4n) is 3.55. The monoisotopic (exact) mass is 271 g/mol. The van der Waals surface area contributed by atoms with Crippen molar-refractivity contribution in [1.29, 1.82) is 0 Å². The lowest BCUT2D eigenvalue weighted by molar-refractivity contribution is 0.388. The van der Waals surface area contributed by atoms with E-state index in [0.29, 0.717) is 16.5 Å². The molecule has 2 aliphatic carbocycles. The second-order valence-electron chi connectivity index (χ2n) is 6.31. The van der Waals surface area contributed by atoms with Gasteiger partial charge >= 0.3 is 0 Å². The second-order valence-corrected chi connectivity index (χ2v) is 8.30. The Kier molecular flexibility index (Phi) is 5.68. The third-order valence-electron chi connectivity index (χ3n) is 4.61. The van der Waals surface area contributed by atoms with Crippen LogP contribution in [0.15, 0.2) is 0 Å². The van der Waals surface area contributed by atoms with Crippen molar-refractivity contribution >= 4 is 10.8 Å². The average Bonchev–Trinajstić information content (AvgIpc) is 2.84. The fraction of sp³-hybridized carbons (Fsp3) is 1.00. The van der Waals surface area contributed by atoms with Crippen LogP contribution in [0.5, 0.6) is 0 Å². The van der Waals surface area contributed by atoms with E-state index in [4.69, 9.17) is 0 Å². The second kappa shape index (κ2) is 7.04. The lowest BCUT2D eigenvalue weighted by atomic mass is 9.91. The Morgan fingerprint density at radius 3 is 2.61 bits per heavy atom. The first-order valence-electron chi connectivity index (χ1n) is 7.83. The molecule has 1 N–H and O–H groups in total. The molecule has 3 heteroatoms. The van der Waals surface area contributed by atoms with Gasteiger partial charge in [-0.05, 0) is 51.0 Å². The van der Waals surface area contributed by atoms with Gasteiger partial charge in [0.2, 0.25) is 0 Å². The zero-order valence-electron chi connectivity index (χ0n) is 12.0. The van der Waals surface area contributed by atoms with E-state index in [1.807, 2.05) is 0 Å². The van der Waals surface area contributed by atoms with E-state index < -0.39 is 10.8 Å². The van der Waals surface area contributed by atoms with Crippen molar-refractivity contribution in [2.24, 2.45) is 5.92 Å². The topological polar surface area (TPSA) is 29.1 Å². The number of nitrogens with one attached hydrogen (secondary N) is 1.